The van der Waals surface area contributed by atoms with E-state index in [0.717, 1.165) is 19.3 Å². The minimum atomic E-state index is -0.426. The predicted molar refractivity (Wildman–Crippen MR) is 76.4 cm³/mol. The second-order valence-corrected chi connectivity index (χ2v) is 5.15. The van der Waals surface area contributed by atoms with Crippen molar-refractivity contribution in [2.75, 3.05) is 11.4 Å². The van der Waals surface area contributed by atoms with Gasteiger partial charge in [-0.15, -0.1) is 0 Å². The molecule has 0 amide bonds. The molecule has 2 atom stereocenters. The Morgan fingerprint density at radius 3 is 2.90 bits per heavy atom. The number of nitriles is 1. The lowest BCUT2D eigenvalue weighted by Crippen LogP contribution is -2.49. The van der Waals surface area contributed by atoms with E-state index in [1.54, 1.807) is 12.1 Å². The summed E-state index contributed by atoms with van der Waals surface area (Å²) in [6, 6.07) is 6.90. The van der Waals surface area contributed by atoms with E-state index in [4.69, 9.17) is 11.0 Å². The van der Waals surface area contributed by atoms with Crippen LogP contribution in [0.3, 0.4) is 0 Å². The number of piperidine rings is 1. The highest BCUT2D eigenvalue weighted by Crippen LogP contribution is 2.35. The highest BCUT2D eigenvalue weighted by molar-refractivity contribution is 5.66. The molecule has 2 unspecified atom stereocenters. The maximum Gasteiger partial charge on any atom is 0.293 e. The molecule has 1 aliphatic rings. The smallest absolute Gasteiger partial charge is 0.293 e. The zero-order valence-corrected chi connectivity index (χ0v) is 11.5. The lowest BCUT2D eigenvalue weighted by Gasteiger charge is -2.41. The number of benzene rings is 1. The van der Waals surface area contributed by atoms with E-state index in [2.05, 4.69) is 6.92 Å². The lowest BCUT2D eigenvalue weighted by molar-refractivity contribution is -0.384. The van der Waals surface area contributed by atoms with Gasteiger partial charge in [0.2, 0.25) is 0 Å². The summed E-state index contributed by atoms with van der Waals surface area (Å²) in [5, 5.41) is 20.2. The van der Waals surface area contributed by atoms with Crippen molar-refractivity contribution < 1.29 is 4.92 Å². The number of hydrogen-bond acceptors (Lipinski definition) is 5. The summed E-state index contributed by atoms with van der Waals surface area (Å²) in [6.45, 7) is 2.53. The lowest BCUT2D eigenvalue weighted by atomic mass is 9.95. The molecule has 1 heterocycles. The number of nitro benzene ring substituents is 1. The van der Waals surface area contributed by atoms with E-state index in [1.807, 2.05) is 11.0 Å². The monoisotopic (exact) mass is 274 g/mol. The van der Waals surface area contributed by atoms with Gasteiger partial charge in [-0.1, -0.05) is 0 Å². The Labute approximate surface area is 117 Å². The van der Waals surface area contributed by atoms with Gasteiger partial charge in [0.15, 0.2) is 0 Å². The Bertz CT molecular complexity index is 553. The summed E-state index contributed by atoms with van der Waals surface area (Å²) in [5.41, 5.74) is 6.66. The number of rotatable bonds is 3. The van der Waals surface area contributed by atoms with Crippen LogP contribution in [0.25, 0.3) is 0 Å². The van der Waals surface area contributed by atoms with Gasteiger partial charge in [0.05, 0.1) is 16.6 Å². The Morgan fingerprint density at radius 2 is 2.30 bits per heavy atom. The average molecular weight is 274 g/mol. The maximum atomic E-state index is 11.3. The van der Waals surface area contributed by atoms with Crippen molar-refractivity contribution in [1.82, 2.24) is 0 Å². The van der Waals surface area contributed by atoms with Gasteiger partial charge in [-0.25, -0.2) is 0 Å². The largest absolute Gasteiger partial charge is 0.359 e. The van der Waals surface area contributed by atoms with E-state index < -0.39 is 4.92 Å². The van der Waals surface area contributed by atoms with Crippen molar-refractivity contribution >= 4 is 11.4 Å². The standard InChI is InChI=1S/C14H18N4O2/c1-10-3-2-4-12(9-16)17(10)13-6-5-11(8-15)7-14(13)18(19)20/h5-7,10,12H,2-4,9,16H2,1H3. The van der Waals surface area contributed by atoms with Crippen LogP contribution in [-0.4, -0.2) is 23.6 Å². The molecule has 0 aromatic heterocycles. The van der Waals surface area contributed by atoms with Crippen LogP contribution in [0.5, 0.6) is 0 Å². The molecule has 1 fully saturated rings. The third-order valence-electron chi connectivity index (χ3n) is 3.88. The predicted octanol–water partition coefficient (Wildman–Crippen LogP) is 2.17. The fraction of sp³-hybridized carbons (Fsp3) is 0.500. The first-order valence-corrected chi connectivity index (χ1v) is 6.75. The minimum absolute atomic E-state index is 0.0174. The molecule has 2 rings (SSSR count). The minimum Gasteiger partial charge on any atom is -0.359 e. The third kappa shape index (κ3) is 2.58. The van der Waals surface area contributed by atoms with E-state index in [-0.39, 0.29) is 17.8 Å². The molecule has 1 aromatic carbocycles. The Balaban J connectivity index is 2.49. The van der Waals surface area contributed by atoms with E-state index >= 15 is 0 Å². The quantitative estimate of drug-likeness (QED) is 0.673. The first-order chi connectivity index (χ1) is 9.58. The molecule has 1 aliphatic heterocycles. The molecule has 0 saturated carbocycles. The Morgan fingerprint density at radius 1 is 1.55 bits per heavy atom. The molecule has 1 saturated heterocycles. The van der Waals surface area contributed by atoms with Crippen LogP contribution in [0.1, 0.15) is 31.7 Å². The second-order valence-electron chi connectivity index (χ2n) is 5.15. The molecule has 6 heteroatoms. The van der Waals surface area contributed by atoms with Crippen molar-refractivity contribution in [2.24, 2.45) is 5.73 Å². The van der Waals surface area contributed by atoms with Crippen molar-refractivity contribution in [3.8, 4) is 6.07 Å². The van der Waals surface area contributed by atoms with Crippen LogP contribution in [0, 0.1) is 21.4 Å². The fourth-order valence-corrected chi connectivity index (χ4v) is 2.91. The number of nitro groups is 1. The normalized spacial score (nSPS) is 22.4. The van der Waals surface area contributed by atoms with Gasteiger partial charge in [-0.3, -0.25) is 10.1 Å². The number of nitrogens with zero attached hydrogens (tertiary/aromatic N) is 3. The molecular formula is C14H18N4O2. The summed E-state index contributed by atoms with van der Waals surface area (Å²) in [4.78, 5) is 12.9. The highest BCUT2D eigenvalue weighted by atomic mass is 16.6. The van der Waals surface area contributed by atoms with E-state index in [9.17, 15) is 10.1 Å². The summed E-state index contributed by atoms with van der Waals surface area (Å²) in [6.07, 6.45) is 3.02. The number of nitrogens with two attached hydrogens (primary N) is 1. The summed E-state index contributed by atoms with van der Waals surface area (Å²) in [7, 11) is 0. The Hall–Kier alpha value is -2.13. The van der Waals surface area contributed by atoms with Crippen LogP contribution in [0.2, 0.25) is 0 Å². The van der Waals surface area contributed by atoms with E-state index in [0.29, 0.717) is 17.8 Å². The van der Waals surface area contributed by atoms with Gasteiger partial charge in [0.1, 0.15) is 5.69 Å². The fourth-order valence-electron chi connectivity index (χ4n) is 2.91. The molecular weight excluding hydrogens is 256 g/mol. The van der Waals surface area contributed by atoms with Crippen molar-refractivity contribution in [2.45, 2.75) is 38.3 Å². The molecule has 0 spiro atoms. The molecule has 0 bridgehead atoms. The summed E-state index contributed by atoms with van der Waals surface area (Å²) >= 11 is 0. The van der Waals surface area contributed by atoms with Crippen molar-refractivity contribution in [3.05, 3.63) is 33.9 Å². The summed E-state index contributed by atoms with van der Waals surface area (Å²) in [5.74, 6) is 0. The van der Waals surface area contributed by atoms with Gasteiger partial charge in [-0.2, -0.15) is 5.26 Å². The number of hydrogen-bond donors (Lipinski definition) is 1. The van der Waals surface area contributed by atoms with Gasteiger partial charge in [0.25, 0.3) is 5.69 Å². The Kier molecular flexibility index (Phi) is 4.20. The number of anilines is 1. The van der Waals surface area contributed by atoms with Crippen LogP contribution in [-0.2, 0) is 0 Å². The SMILES string of the molecule is CC1CCCC(CN)N1c1ccc(C#N)cc1[N+](=O)[O-]. The second kappa shape index (κ2) is 5.88. The van der Waals surface area contributed by atoms with Gasteiger partial charge in [-0.05, 0) is 38.3 Å². The van der Waals surface area contributed by atoms with Crippen LogP contribution >= 0.6 is 0 Å². The van der Waals surface area contributed by atoms with Gasteiger partial charge in [0, 0.05) is 24.7 Å². The molecule has 0 radical (unpaired) electrons. The van der Waals surface area contributed by atoms with Gasteiger partial charge >= 0.3 is 0 Å². The molecule has 2 N–H and O–H groups in total. The van der Waals surface area contributed by atoms with E-state index in [1.165, 1.54) is 6.07 Å². The average Bonchev–Trinajstić information content (AvgIpc) is 2.46. The molecule has 20 heavy (non-hydrogen) atoms. The maximum absolute atomic E-state index is 11.3. The first-order valence-electron chi connectivity index (χ1n) is 6.75. The molecule has 1 aromatic rings. The highest BCUT2D eigenvalue weighted by Gasteiger charge is 2.31. The molecule has 6 nitrogen and oxygen atoms in total. The zero-order valence-electron chi connectivity index (χ0n) is 11.5. The summed E-state index contributed by atoms with van der Waals surface area (Å²) < 4.78 is 0. The van der Waals surface area contributed by atoms with Gasteiger partial charge < -0.3 is 10.6 Å². The molecule has 0 aliphatic carbocycles. The van der Waals surface area contributed by atoms with Crippen LogP contribution in [0.4, 0.5) is 11.4 Å². The van der Waals surface area contributed by atoms with Crippen molar-refractivity contribution in [1.29, 1.82) is 5.26 Å². The zero-order chi connectivity index (χ0) is 14.7. The van der Waals surface area contributed by atoms with Crippen LogP contribution in [0.15, 0.2) is 18.2 Å². The molecule has 106 valence electrons. The van der Waals surface area contributed by atoms with Crippen molar-refractivity contribution in [3.63, 3.8) is 0 Å². The topological polar surface area (TPSA) is 96.2 Å². The first kappa shape index (κ1) is 14.3. The van der Waals surface area contributed by atoms with Crippen LogP contribution < -0.4 is 10.6 Å². The third-order valence-corrected chi connectivity index (χ3v) is 3.88.